The van der Waals surface area contributed by atoms with E-state index in [1.165, 1.54) is 32.1 Å². The number of hydrogen-bond acceptors (Lipinski definition) is 4. The lowest BCUT2D eigenvalue weighted by Crippen LogP contribution is -2.35. The third-order valence-corrected chi connectivity index (χ3v) is 6.15. The molecular formula is C27H44O4. The molecule has 0 spiro atoms. The molecule has 0 aromatic heterocycles. The number of esters is 1. The fraction of sp³-hybridized carbons (Fsp3) is 0.741. The van der Waals surface area contributed by atoms with Gasteiger partial charge in [0.05, 0.1) is 12.0 Å². The van der Waals surface area contributed by atoms with E-state index in [0.29, 0.717) is 5.75 Å². The number of rotatable bonds is 11. The second kappa shape index (κ2) is 11.9. The standard InChI is InChI=1S/C27H44O4/c1-7-18-27(6,20-26(3,4)5)25(28)31-24-15-13-23(14-16-24)30-21(2)29-19-17-22-11-9-8-10-12-22/h13-16,21-22H,7-12,17-20H2,1-6H3. The maximum Gasteiger partial charge on any atom is 0.317 e. The average Bonchev–Trinajstić information content (AvgIpc) is 2.69. The van der Waals surface area contributed by atoms with Crippen molar-refractivity contribution in [2.75, 3.05) is 6.61 Å². The lowest BCUT2D eigenvalue weighted by molar-refractivity contribution is -0.147. The van der Waals surface area contributed by atoms with Gasteiger partial charge in [0.2, 0.25) is 0 Å². The van der Waals surface area contributed by atoms with Gasteiger partial charge in [-0.15, -0.1) is 0 Å². The van der Waals surface area contributed by atoms with Crippen LogP contribution in [0.1, 0.15) is 99.3 Å². The minimum absolute atomic E-state index is 0.0633. The summed E-state index contributed by atoms with van der Waals surface area (Å²) < 4.78 is 17.5. The van der Waals surface area contributed by atoms with E-state index in [9.17, 15) is 4.79 Å². The zero-order valence-corrected chi connectivity index (χ0v) is 20.7. The predicted molar refractivity (Wildman–Crippen MR) is 126 cm³/mol. The Kier molecular flexibility index (Phi) is 9.87. The lowest BCUT2D eigenvalue weighted by Gasteiger charge is -2.33. The molecule has 1 aromatic carbocycles. The molecule has 2 unspecified atom stereocenters. The van der Waals surface area contributed by atoms with Crippen LogP contribution in [0.2, 0.25) is 0 Å². The molecule has 4 nitrogen and oxygen atoms in total. The molecule has 0 aliphatic heterocycles. The fourth-order valence-electron chi connectivity index (χ4n) is 4.90. The number of benzene rings is 1. The van der Waals surface area contributed by atoms with Gasteiger partial charge in [-0.2, -0.15) is 0 Å². The summed E-state index contributed by atoms with van der Waals surface area (Å²) in [6.07, 6.45) is 10.2. The fourth-order valence-corrected chi connectivity index (χ4v) is 4.90. The Labute approximate surface area is 190 Å². The Balaban J connectivity index is 1.82. The first kappa shape index (κ1) is 25.7. The van der Waals surface area contributed by atoms with Crippen LogP contribution in [-0.4, -0.2) is 18.9 Å². The molecular weight excluding hydrogens is 388 g/mol. The second-order valence-corrected chi connectivity index (χ2v) is 10.8. The minimum atomic E-state index is -0.483. The Morgan fingerprint density at radius 2 is 1.65 bits per heavy atom. The van der Waals surface area contributed by atoms with Gasteiger partial charge in [0.15, 0.2) is 6.29 Å². The van der Waals surface area contributed by atoms with Crippen LogP contribution in [0.4, 0.5) is 0 Å². The van der Waals surface area contributed by atoms with E-state index in [1.807, 2.05) is 26.0 Å². The Bertz CT molecular complexity index is 655. The molecule has 4 heteroatoms. The highest BCUT2D eigenvalue weighted by Crippen LogP contribution is 2.38. The van der Waals surface area contributed by atoms with Crippen molar-refractivity contribution in [3.8, 4) is 11.5 Å². The summed E-state index contributed by atoms with van der Waals surface area (Å²) in [5, 5.41) is 0. The summed E-state index contributed by atoms with van der Waals surface area (Å²) in [5.41, 5.74) is -0.420. The summed E-state index contributed by atoms with van der Waals surface area (Å²) in [7, 11) is 0. The molecule has 0 radical (unpaired) electrons. The minimum Gasteiger partial charge on any atom is -0.465 e. The number of carbonyl (C=O) groups is 1. The zero-order valence-electron chi connectivity index (χ0n) is 20.7. The van der Waals surface area contributed by atoms with Crippen molar-refractivity contribution in [2.45, 2.75) is 106 Å². The first-order valence-corrected chi connectivity index (χ1v) is 12.2. The molecule has 2 rings (SSSR count). The SMILES string of the molecule is CCCC(C)(CC(C)(C)C)C(=O)Oc1ccc(OC(C)OCCC2CCCCC2)cc1. The maximum atomic E-state index is 12.9. The van der Waals surface area contributed by atoms with Gasteiger partial charge in [-0.25, -0.2) is 0 Å². The third-order valence-electron chi connectivity index (χ3n) is 6.15. The van der Waals surface area contributed by atoms with Crippen LogP contribution < -0.4 is 9.47 Å². The molecule has 0 amide bonds. The van der Waals surface area contributed by atoms with Gasteiger partial charge >= 0.3 is 5.97 Å². The molecule has 2 atom stereocenters. The van der Waals surface area contributed by atoms with Crippen LogP contribution in [-0.2, 0) is 9.53 Å². The molecule has 31 heavy (non-hydrogen) atoms. The topological polar surface area (TPSA) is 44.8 Å². The van der Waals surface area contributed by atoms with Crippen molar-refractivity contribution in [1.29, 1.82) is 0 Å². The van der Waals surface area contributed by atoms with E-state index in [2.05, 4.69) is 27.7 Å². The van der Waals surface area contributed by atoms with Gasteiger partial charge in [-0.3, -0.25) is 4.79 Å². The highest BCUT2D eigenvalue weighted by Gasteiger charge is 2.38. The molecule has 1 aliphatic carbocycles. The van der Waals surface area contributed by atoms with Crippen molar-refractivity contribution < 1.29 is 19.0 Å². The molecule has 1 fully saturated rings. The van der Waals surface area contributed by atoms with Crippen LogP contribution in [0, 0.1) is 16.7 Å². The lowest BCUT2D eigenvalue weighted by atomic mass is 9.72. The smallest absolute Gasteiger partial charge is 0.317 e. The molecule has 1 aliphatic rings. The summed E-state index contributed by atoms with van der Waals surface area (Å²) in [4.78, 5) is 12.9. The largest absolute Gasteiger partial charge is 0.465 e. The highest BCUT2D eigenvalue weighted by molar-refractivity contribution is 5.78. The average molecular weight is 433 g/mol. The molecule has 0 heterocycles. The Morgan fingerprint density at radius 1 is 1.03 bits per heavy atom. The normalized spacial score (nSPS) is 18.3. The van der Waals surface area contributed by atoms with Crippen LogP contribution in [0.5, 0.6) is 11.5 Å². The first-order valence-electron chi connectivity index (χ1n) is 12.2. The third kappa shape index (κ3) is 9.22. The molecule has 0 N–H and O–H groups in total. The van der Waals surface area contributed by atoms with Crippen LogP contribution in [0.3, 0.4) is 0 Å². The quantitative estimate of drug-likeness (QED) is 0.206. The van der Waals surface area contributed by atoms with Crippen LogP contribution in [0.15, 0.2) is 24.3 Å². The van der Waals surface area contributed by atoms with Gasteiger partial charge in [-0.05, 0) is 68.7 Å². The first-order chi connectivity index (χ1) is 14.6. The zero-order chi connectivity index (χ0) is 22.9. The molecule has 1 aromatic rings. The molecule has 0 saturated heterocycles. The summed E-state index contributed by atoms with van der Waals surface area (Å²) in [6, 6.07) is 7.27. The van der Waals surface area contributed by atoms with E-state index in [-0.39, 0.29) is 17.7 Å². The number of ether oxygens (including phenoxy) is 3. The van der Waals surface area contributed by atoms with E-state index < -0.39 is 5.41 Å². The van der Waals surface area contributed by atoms with Gasteiger partial charge in [0, 0.05) is 0 Å². The van der Waals surface area contributed by atoms with E-state index in [4.69, 9.17) is 14.2 Å². The Hall–Kier alpha value is -1.55. The monoisotopic (exact) mass is 432 g/mol. The van der Waals surface area contributed by atoms with Gasteiger partial charge in [0.1, 0.15) is 11.5 Å². The van der Waals surface area contributed by atoms with E-state index in [1.54, 1.807) is 12.1 Å². The summed E-state index contributed by atoms with van der Waals surface area (Å²) in [5.74, 6) is 1.93. The van der Waals surface area contributed by atoms with E-state index >= 15 is 0 Å². The molecule has 176 valence electrons. The predicted octanol–water partition coefficient (Wildman–Crippen LogP) is 7.55. The van der Waals surface area contributed by atoms with Crippen LogP contribution >= 0.6 is 0 Å². The van der Waals surface area contributed by atoms with Crippen molar-refractivity contribution in [3.05, 3.63) is 24.3 Å². The van der Waals surface area contributed by atoms with Gasteiger partial charge in [-0.1, -0.05) is 66.2 Å². The van der Waals surface area contributed by atoms with Crippen molar-refractivity contribution >= 4 is 5.97 Å². The van der Waals surface area contributed by atoms with Gasteiger partial charge < -0.3 is 14.2 Å². The van der Waals surface area contributed by atoms with Crippen LogP contribution in [0.25, 0.3) is 0 Å². The van der Waals surface area contributed by atoms with Crippen molar-refractivity contribution in [2.24, 2.45) is 16.7 Å². The summed E-state index contributed by atoms with van der Waals surface area (Å²) >= 11 is 0. The van der Waals surface area contributed by atoms with E-state index in [0.717, 1.165) is 44.0 Å². The maximum absolute atomic E-state index is 12.9. The number of carbonyl (C=O) groups excluding carboxylic acids is 1. The summed E-state index contributed by atoms with van der Waals surface area (Å²) in [6.45, 7) is 13.3. The molecule has 0 bridgehead atoms. The van der Waals surface area contributed by atoms with Crippen molar-refractivity contribution in [1.82, 2.24) is 0 Å². The molecule has 1 saturated carbocycles. The second-order valence-electron chi connectivity index (χ2n) is 10.8. The highest BCUT2D eigenvalue weighted by atomic mass is 16.7. The number of hydrogen-bond donors (Lipinski definition) is 0. The van der Waals surface area contributed by atoms with Crippen molar-refractivity contribution in [3.63, 3.8) is 0 Å². The Morgan fingerprint density at radius 3 is 2.23 bits per heavy atom. The van der Waals surface area contributed by atoms with Gasteiger partial charge in [0.25, 0.3) is 0 Å².